The predicted molar refractivity (Wildman–Crippen MR) is 90.1 cm³/mol. The highest BCUT2D eigenvalue weighted by molar-refractivity contribution is 5.97. The molecule has 0 saturated heterocycles. The van der Waals surface area contributed by atoms with Gasteiger partial charge in [-0.1, -0.05) is 39.0 Å². The number of methoxy groups -OCH3 is 1. The van der Waals surface area contributed by atoms with Gasteiger partial charge in [-0.15, -0.1) is 5.06 Å². The molecule has 1 aliphatic rings. The zero-order valence-corrected chi connectivity index (χ0v) is 14.4. The van der Waals surface area contributed by atoms with Crippen LogP contribution < -0.4 is 14.5 Å². The van der Waals surface area contributed by atoms with Crippen molar-refractivity contribution >= 4 is 17.6 Å². The van der Waals surface area contributed by atoms with Crippen LogP contribution in [0.3, 0.4) is 0 Å². The highest BCUT2D eigenvalue weighted by atomic mass is 16.7. The molecule has 0 aliphatic carbocycles. The molecule has 24 heavy (non-hydrogen) atoms. The van der Waals surface area contributed by atoms with Crippen molar-refractivity contribution in [2.24, 2.45) is 0 Å². The van der Waals surface area contributed by atoms with Crippen molar-refractivity contribution < 1.29 is 23.9 Å². The Morgan fingerprint density at radius 3 is 2.71 bits per heavy atom. The third kappa shape index (κ3) is 4.88. The Kier molecular flexibility index (Phi) is 6.90. The van der Waals surface area contributed by atoms with E-state index in [1.807, 2.05) is 0 Å². The molecule has 1 aliphatic heterocycles. The Morgan fingerprint density at radius 2 is 1.96 bits per heavy atom. The van der Waals surface area contributed by atoms with Crippen LogP contribution in [0.2, 0.25) is 0 Å². The molecular weight excluding hydrogens is 310 g/mol. The van der Waals surface area contributed by atoms with E-state index in [-0.39, 0.29) is 6.61 Å². The maximum Gasteiger partial charge on any atom is 0.333 e. The monoisotopic (exact) mass is 335 g/mol. The molecule has 0 saturated carbocycles. The maximum absolute atomic E-state index is 12.0. The van der Waals surface area contributed by atoms with Crippen molar-refractivity contribution in [2.45, 2.75) is 51.9 Å². The molecule has 132 valence electrons. The predicted octanol–water partition coefficient (Wildman–Crippen LogP) is 3.63. The van der Waals surface area contributed by atoms with Crippen molar-refractivity contribution in [1.82, 2.24) is 0 Å². The molecule has 0 N–H and O–H groups in total. The number of nitrogens with zero attached hydrogens (tertiary/aromatic N) is 1. The summed E-state index contributed by atoms with van der Waals surface area (Å²) in [6.07, 6.45) is 6.81. The van der Waals surface area contributed by atoms with Gasteiger partial charge < -0.3 is 14.3 Å². The first-order valence-corrected chi connectivity index (χ1v) is 8.50. The minimum Gasteiger partial charge on any atom is -0.497 e. The number of fused-ring (bicyclic) bond motifs is 1. The van der Waals surface area contributed by atoms with Gasteiger partial charge in [-0.2, -0.15) is 0 Å². The van der Waals surface area contributed by atoms with E-state index < -0.39 is 11.9 Å². The summed E-state index contributed by atoms with van der Waals surface area (Å²) in [6.45, 7) is 2.02. The molecule has 0 unspecified atom stereocenters. The van der Waals surface area contributed by atoms with Gasteiger partial charge >= 0.3 is 5.97 Å². The highest BCUT2D eigenvalue weighted by Crippen LogP contribution is 2.35. The summed E-state index contributed by atoms with van der Waals surface area (Å²) in [7, 11) is 1.53. The third-order valence-electron chi connectivity index (χ3n) is 3.89. The van der Waals surface area contributed by atoms with Gasteiger partial charge in [-0.05, 0) is 18.6 Å². The fourth-order valence-electron chi connectivity index (χ4n) is 2.53. The summed E-state index contributed by atoms with van der Waals surface area (Å²) in [5.74, 6) is 0.230. The van der Waals surface area contributed by atoms with Crippen LogP contribution in [0.25, 0.3) is 0 Å². The Bertz CT molecular complexity index is 573. The summed E-state index contributed by atoms with van der Waals surface area (Å²) in [6, 6.07) is 5.03. The molecule has 0 bridgehead atoms. The maximum atomic E-state index is 12.0. The lowest BCUT2D eigenvalue weighted by Crippen LogP contribution is -2.40. The van der Waals surface area contributed by atoms with Crippen LogP contribution in [0.1, 0.15) is 51.9 Å². The van der Waals surface area contributed by atoms with Gasteiger partial charge in [0.1, 0.15) is 17.2 Å². The number of hydrogen-bond acceptors (Lipinski definition) is 5. The smallest absolute Gasteiger partial charge is 0.333 e. The molecular formula is C18H25NO5. The molecule has 0 radical (unpaired) electrons. The highest BCUT2D eigenvalue weighted by Gasteiger charge is 2.29. The van der Waals surface area contributed by atoms with Crippen LogP contribution in [0, 0.1) is 0 Å². The van der Waals surface area contributed by atoms with E-state index in [1.165, 1.54) is 26.4 Å². The Hall–Kier alpha value is -2.24. The zero-order chi connectivity index (χ0) is 17.4. The minimum absolute atomic E-state index is 0.149. The molecule has 1 aromatic carbocycles. The number of carbonyl (C=O) groups is 2. The molecule has 0 atom stereocenters. The van der Waals surface area contributed by atoms with Crippen molar-refractivity contribution in [3.8, 4) is 11.5 Å². The summed E-state index contributed by atoms with van der Waals surface area (Å²) >= 11 is 0. The number of carbonyl (C=O) groups excluding carboxylic acids is 2. The lowest BCUT2D eigenvalue weighted by atomic mass is 10.1. The average Bonchev–Trinajstić information content (AvgIpc) is 2.60. The number of amides is 1. The van der Waals surface area contributed by atoms with E-state index in [9.17, 15) is 9.59 Å². The van der Waals surface area contributed by atoms with E-state index in [2.05, 4.69) is 6.92 Å². The van der Waals surface area contributed by atoms with Gasteiger partial charge in [0.25, 0.3) is 5.91 Å². The van der Waals surface area contributed by atoms with E-state index in [4.69, 9.17) is 14.3 Å². The number of rotatable bonds is 9. The molecule has 6 nitrogen and oxygen atoms in total. The van der Waals surface area contributed by atoms with Crippen LogP contribution in [-0.4, -0.2) is 25.6 Å². The third-order valence-corrected chi connectivity index (χ3v) is 3.89. The lowest BCUT2D eigenvalue weighted by Gasteiger charge is -2.27. The molecule has 0 spiro atoms. The minimum atomic E-state index is -0.410. The first kappa shape index (κ1) is 18.1. The molecule has 2 rings (SSSR count). The summed E-state index contributed by atoms with van der Waals surface area (Å²) < 4.78 is 10.5. The van der Waals surface area contributed by atoms with Crippen molar-refractivity contribution in [3.05, 3.63) is 18.2 Å². The fraction of sp³-hybridized carbons (Fsp3) is 0.556. The molecule has 0 aromatic heterocycles. The topological polar surface area (TPSA) is 65.1 Å². The average molecular weight is 335 g/mol. The molecule has 1 aromatic rings. The quantitative estimate of drug-likeness (QED) is 0.645. The van der Waals surface area contributed by atoms with Crippen LogP contribution in [0.4, 0.5) is 5.69 Å². The zero-order valence-electron chi connectivity index (χ0n) is 14.4. The normalized spacial score (nSPS) is 13.2. The molecule has 0 fully saturated rings. The van der Waals surface area contributed by atoms with E-state index in [1.54, 1.807) is 18.2 Å². The van der Waals surface area contributed by atoms with Gasteiger partial charge in [-0.3, -0.25) is 4.79 Å². The number of hydroxylamine groups is 1. The van der Waals surface area contributed by atoms with Crippen LogP contribution in [0.5, 0.6) is 11.5 Å². The molecule has 1 amide bonds. The van der Waals surface area contributed by atoms with E-state index in [0.717, 1.165) is 24.3 Å². The van der Waals surface area contributed by atoms with Gasteiger partial charge in [0.2, 0.25) is 0 Å². The largest absolute Gasteiger partial charge is 0.497 e. The van der Waals surface area contributed by atoms with Gasteiger partial charge in [0, 0.05) is 12.5 Å². The summed E-state index contributed by atoms with van der Waals surface area (Å²) in [4.78, 5) is 29.3. The van der Waals surface area contributed by atoms with Crippen molar-refractivity contribution in [2.75, 3.05) is 18.8 Å². The first-order valence-electron chi connectivity index (χ1n) is 8.50. The Labute approximate surface area is 142 Å². The number of anilines is 1. The van der Waals surface area contributed by atoms with Gasteiger partial charge in [-0.25, -0.2) is 4.79 Å². The second kappa shape index (κ2) is 9.15. The van der Waals surface area contributed by atoms with Crippen LogP contribution >= 0.6 is 0 Å². The van der Waals surface area contributed by atoms with E-state index >= 15 is 0 Å². The van der Waals surface area contributed by atoms with Gasteiger partial charge in [0.05, 0.1) is 7.11 Å². The van der Waals surface area contributed by atoms with Crippen LogP contribution in [-0.2, 0) is 14.4 Å². The number of unbranched alkanes of at least 4 members (excludes halogenated alkanes) is 5. The van der Waals surface area contributed by atoms with Crippen molar-refractivity contribution in [3.63, 3.8) is 0 Å². The molecule has 1 heterocycles. The Balaban J connectivity index is 1.89. The fourth-order valence-corrected chi connectivity index (χ4v) is 2.53. The second-order valence-electron chi connectivity index (χ2n) is 5.79. The van der Waals surface area contributed by atoms with Crippen LogP contribution in [0.15, 0.2) is 18.2 Å². The Morgan fingerprint density at radius 1 is 1.21 bits per heavy atom. The summed E-state index contributed by atoms with van der Waals surface area (Å²) in [5.41, 5.74) is 0.391. The van der Waals surface area contributed by atoms with E-state index in [0.29, 0.717) is 23.6 Å². The molecule has 6 heteroatoms. The standard InChI is InChI=1S/C18H25NO5/c1-3-4-5-6-7-8-9-18(21)24-19-15-12-14(22-2)10-11-16(15)23-13-17(19)20/h10-12H,3-9,13H2,1-2H3. The SMILES string of the molecule is CCCCCCCCC(=O)ON1C(=O)COc2ccc(OC)cc21. The summed E-state index contributed by atoms with van der Waals surface area (Å²) in [5, 5.41) is 1.01. The number of hydrogen-bond donors (Lipinski definition) is 0. The lowest BCUT2D eigenvalue weighted by molar-refractivity contribution is -0.151. The first-order chi connectivity index (χ1) is 11.7. The number of benzene rings is 1. The van der Waals surface area contributed by atoms with Crippen molar-refractivity contribution in [1.29, 1.82) is 0 Å². The van der Waals surface area contributed by atoms with Gasteiger partial charge in [0.15, 0.2) is 6.61 Å². The second-order valence-corrected chi connectivity index (χ2v) is 5.79. The number of ether oxygens (including phenoxy) is 2.